The summed E-state index contributed by atoms with van der Waals surface area (Å²) in [5.41, 5.74) is 0.977. The maximum atomic E-state index is 4.51. The Morgan fingerprint density at radius 2 is 1.82 bits per heavy atom. The van der Waals surface area contributed by atoms with Crippen LogP contribution in [0, 0.1) is 0 Å². The molecule has 0 spiro atoms. The Balaban J connectivity index is 1.54. The lowest BCUT2D eigenvalue weighted by Crippen LogP contribution is -2.56. The van der Waals surface area contributed by atoms with Gasteiger partial charge in [-0.15, -0.1) is 21.5 Å². The van der Waals surface area contributed by atoms with Crippen LogP contribution in [0.15, 0.2) is 29.6 Å². The Hall–Kier alpha value is -1.46. The molecule has 0 saturated carbocycles. The van der Waals surface area contributed by atoms with Crippen LogP contribution in [0.1, 0.15) is 25.7 Å². The number of fused-ring (bicyclic) bond motifs is 2. The number of piperazine rings is 1. The molecule has 4 nitrogen and oxygen atoms in total. The molecule has 2 bridgehead atoms. The van der Waals surface area contributed by atoms with E-state index < -0.39 is 0 Å². The third-order valence-electron chi connectivity index (χ3n) is 5.09. The van der Waals surface area contributed by atoms with E-state index in [0.29, 0.717) is 12.1 Å². The first-order valence-electron chi connectivity index (χ1n) is 8.16. The van der Waals surface area contributed by atoms with Crippen molar-refractivity contribution in [1.82, 2.24) is 15.1 Å². The van der Waals surface area contributed by atoms with Gasteiger partial charge in [0.2, 0.25) is 0 Å². The molecule has 2 fully saturated rings. The minimum Gasteiger partial charge on any atom is -0.352 e. The summed E-state index contributed by atoms with van der Waals surface area (Å²) in [5.74, 6) is 1.03. The summed E-state index contributed by atoms with van der Waals surface area (Å²) in [7, 11) is 2.30. The summed E-state index contributed by atoms with van der Waals surface area (Å²) in [4.78, 5) is 6.22. The monoisotopic (exact) mass is 314 g/mol. The summed E-state index contributed by atoms with van der Waals surface area (Å²) >= 11 is 1.71. The second-order valence-corrected chi connectivity index (χ2v) is 7.36. The van der Waals surface area contributed by atoms with Crippen molar-refractivity contribution in [3.8, 4) is 10.6 Å². The van der Waals surface area contributed by atoms with Gasteiger partial charge in [0.15, 0.2) is 5.82 Å². The second-order valence-electron chi connectivity index (χ2n) is 6.42. The third-order valence-corrected chi connectivity index (χ3v) is 5.98. The van der Waals surface area contributed by atoms with Gasteiger partial charge in [0.25, 0.3) is 0 Å². The molecular weight excluding hydrogens is 292 g/mol. The van der Waals surface area contributed by atoms with Crippen molar-refractivity contribution in [2.24, 2.45) is 0 Å². The van der Waals surface area contributed by atoms with Crippen LogP contribution in [-0.4, -0.2) is 47.3 Å². The van der Waals surface area contributed by atoms with Gasteiger partial charge in [0, 0.05) is 25.2 Å². The van der Waals surface area contributed by atoms with Gasteiger partial charge in [-0.25, -0.2) is 0 Å². The molecule has 22 heavy (non-hydrogen) atoms. The van der Waals surface area contributed by atoms with E-state index in [2.05, 4.69) is 56.7 Å². The van der Waals surface area contributed by atoms with Crippen LogP contribution in [0.2, 0.25) is 0 Å². The lowest BCUT2D eigenvalue weighted by Gasteiger charge is -2.44. The fraction of sp³-hybridized carbons (Fsp3) is 0.529. The maximum absolute atomic E-state index is 4.51. The normalized spacial score (nSPS) is 26.0. The first-order valence-corrected chi connectivity index (χ1v) is 9.04. The highest BCUT2D eigenvalue weighted by atomic mass is 32.1. The Morgan fingerprint density at radius 1 is 1.05 bits per heavy atom. The SMILES string of the molecule is CN1C2CCCCC1CN(c1ccc(-c3cccs3)nn1)C2. The van der Waals surface area contributed by atoms with Crippen molar-refractivity contribution in [2.75, 3.05) is 25.0 Å². The number of aromatic nitrogens is 2. The van der Waals surface area contributed by atoms with Crippen molar-refractivity contribution in [3.63, 3.8) is 0 Å². The summed E-state index contributed by atoms with van der Waals surface area (Å²) in [5, 5.41) is 11.0. The molecule has 4 rings (SSSR count). The van der Waals surface area contributed by atoms with E-state index in [1.807, 2.05) is 0 Å². The first kappa shape index (κ1) is 14.2. The lowest BCUT2D eigenvalue weighted by atomic mass is 10.1. The topological polar surface area (TPSA) is 32.3 Å². The highest BCUT2D eigenvalue weighted by Crippen LogP contribution is 2.29. The predicted molar refractivity (Wildman–Crippen MR) is 91.4 cm³/mol. The quantitative estimate of drug-likeness (QED) is 0.851. The van der Waals surface area contributed by atoms with Gasteiger partial charge in [-0.3, -0.25) is 4.90 Å². The summed E-state index contributed by atoms with van der Waals surface area (Å²) in [6, 6.07) is 9.73. The van der Waals surface area contributed by atoms with Crippen molar-refractivity contribution >= 4 is 17.2 Å². The van der Waals surface area contributed by atoms with Gasteiger partial charge in [-0.05, 0) is 43.5 Å². The van der Waals surface area contributed by atoms with Crippen LogP contribution in [0.25, 0.3) is 10.6 Å². The molecule has 2 unspecified atom stereocenters. The van der Waals surface area contributed by atoms with Gasteiger partial charge < -0.3 is 4.90 Å². The van der Waals surface area contributed by atoms with Gasteiger partial charge in [-0.1, -0.05) is 18.9 Å². The number of hydrogen-bond donors (Lipinski definition) is 0. The highest BCUT2D eigenvalue weighted by molar-refractivity contribution is 7.13. The molecular formula is C17H22N4S. The molecule has 0 aliphatic carbocycles. The van der Waals surface area contributed by atoms with E-state index in [0.717, 1.165) is 24.6 Å². The molecule has 2 atom stereocenters. The zero-order valence-electron chi connectivity index (χ0n) is 13.0. The molecule has 5 heteroatoms. The van der Waals surface area contributed by atoms with E-state index in [9.17, 15) is 0 Å². The Bertz CT molecular complexity index is 594. The Labute approximate surface area is 135 Å². The number of thiophene rings is 1. The number of hydrogen-bond acceptors (Lipinski definition) is 5. The highest BCUT2D eigenvalue weighted by Gasteiger charge is 2.33. The average molecular weight is 314 g/mol. The molecule has 2 saturated heterocycles. The molecule has 0 radical (unpaired) electrons. The van der Waals surface area contributed by atoms with E-state index in [1.165, 1.54) is 30.6 Å². The molecule has 2 aliphatic rings. The third kappa shape index (κ3) is 2.63. The molecule has 0 aromatic carbocycles. The maximum Gasteiger partial charge on any atom is 0.151 e. The van der Waals surface area contributed by atoms with Gasteiger partial charge in [0.05, 0.1) is 4.88 Å². The van der Waals surface area contributed by atoms with E-state index in [-0.39, 0.29) is 0 Å². The largest absolute Gasteiger partial charge is 0.352 e. The zero-order chi connectivity index (χ0) is 14.9. The van der Waals surface area contributed by atoms with Crippen LogP contribution in [0.3, 0.4) is 0 Å². The second kappa shape index (κ2) is 5.97. The molecule has 2 aliphatic heterocycles. The number of nitrogens with zero attached hydrogens (tertiary/aromatic N) is 4. The minimum absolute atomic E-state index is 0.667. The van der Waals surface area contributed by atoms with E-state index in [1.54, 1.807) is 11.3 Å². The molecule has 0 amide bonds. The van der Waals surface area contributed by atoms with Crippen molar-refractivity contribution in [1.29, 1.82) is 0 Å². The Morgan fingerprint density at radius 3 is 2.41 bits per heavy atom. The molecule has 4 heterocycles. The van der Waals surface area contributed by atoms with Crippen LogP contribution in [0.5, 0.6) is 0 Å². The van der Waals surface area contributed by atoms with Gasteiger partial charge >= 0.3 is 0 Å². The lowest BCUT2D eigenvalue weighted by molar-refractivity contribution is 0.149. The molecule has 0 N–H and O–H groups in total. The summed E-state index contributed by atoms with van der Waals surface area (Å²) in [6.45, 7) is 2.17. The van der Waals surface area contributed by atoms with Gasteiger partial charge in [0.1, 0.15) is 5.69 Å². The Kier molecular flexibility index (Phi) is 3.84. The van der Waals surface area contributed by atoms with Crippen LogP contribution in [-0.2, 0) is 0 Å². The standard InChI is InChI=1S/C17H22N4S/c1-20-13-5-2-3-6-14(20)12-21(11-13)17-9-8-15(18-19-17)16-7-4-10-22-16/h4,7-10,13-14H,2-3,5-6,11-12H2,1H3. The predicted octanol–water partition coefficient (Wildman–Crippen LogP) is 3.27. The number of rotatable bonds is 2. The minimum atomic E-state index is 0.667. The van der Waals surface area contributed by atoms with Crippen LogP contribution in [0.4, 0.5) is 5.82 Å². The van der Waals surface area contributed by atoms with Crippen LogP contribution < -0.4 is 4.90 Å². The van der Waals surface area contributed by atoms with Gasteiger partial charge in [-0.2, -0.15) is 0 Å². The summed E-state index contributed by atoms with van der Waals surface area (Å²) < 4.78 is 0. The average Bonchev–Trinajstić information content (AvgIpc) is 3.06. The van der Waals surface area contributed by atoms with Crippen molar-refractivity contribution < 1.29 is 0 Å². The number of likely N-dealkylation sites (N-methyl/N-ethyl adjacent to an activating group) is 1. The zero-order valence-corrected chi connectivity index (χ0v) is 13.8. The first-order chi connectivity index (χ1) is 10.8. The molecule has 116 valence electrons. The van der Waals surface area contributed by atoms with Crippen LogP contribution >= 0.6 is 11.3 Å². The fourth-order valence-electron chi connectivity index (χ4n) is 3.73. The van der Waals surface area contributed by atoms with E-state index >= 15 is 0 Å². The number of anilines is 1. The molecule has 2 aromatic rings. The smallest absolute Gasteiger partial charge is 0.151 e. The van der Waals surface area contributed by atoms with Crippen molar-refractivity contribution in [2.45, 2.75) is 37.8 Å². The van der Waals surface area contributed by atoms with E-state index in [4.69, 9.17) is 0 Å². The van der Waals surface area contributed by atoms with Crippen molar-refractivity contribution in [3.05, 3.63) is 29.6 Å². The summed E-state index contributed by atoms with van der Waals surface area (Å²) in [6.07, 6.45) is 5.35. The molecule has 2 aromatic heterocycles. The fourth-order valence-corrected chi connectivity index (χ4v) is 4.42.